The first-order valence-electron chi connectivity index (χ1n) is 9.68. The zero-order valence-electron chi connectivity index (χ0n) is 17.0. The van der Waals surface area contributed by atoms with Crippen molar-refractivity contribution >= 4 is 46.8 Å². The van der Waals surface area contributed by atoms with E-state index in [-0.39, 0.29) is 24.0 Å². The van der Waals surface area contributed by atoms with Crippen LogP contribution in [0.3, 0.4) is 0 Å². The minimum absolute atomic E-state index is 0.0174. The quantitative estimate of drug-likeness (QED) is 0.492. The largest absolute Gasteiger partial charge is 0.461 e. The van der Waals surface area contributed by atoms with Gasteiger partial charge in [0.05, 0.1) is 6.61 Å². The molecule has 3 rings (SSSR count). The van der Waals surface area contributed by atoms with Gasteiger partial charge in [-0.1, -0.05) is 35.8 Å². The van der Waals surface area contributed by atoms with Crippen LogP contribution in [0.25, 0.3) is 0 Å². The Hall–Kier alpha value is -2.91. The molecule has 1 N–H and O–H groups in total. The van der Waals surface area contributed by atoms with Gasteiger partial charge in [-0.15, -0.1) is 10.2 Å². The molecule has 2 aromatic rings. The number of ether oxygens (including phenoxy) is 1. The number of halogens is 2. The molecule has 0 saturated carbocycles. The highest BCUT2D eigenvalue weighted by Gasteiger charge is 2.24. The highest BCUT2D eigenvalue weighted by molar-refractivity contribution is 6.35. The van der Waals surface area contributed by atoms with Gasteiger partial charge in [-0.25, -0.2) is 4.79 Å². The van der Waals surface area contributed by atoms with E-state index in [1.165, 1.54) is 6.08 Å². The van der Waals surface area contributed by atoms with Crippen molar-refractivity contribution in [1.82, 2.24) is 20.1 Å². The molecule has 1 aliphatic heterocycles. The third kappa shape index (κ3) is 5.62. The maximum absolute atomic E-state index is 12.3. The summed E-state index contributed by atoms with van der Waals surface area (Å²) >= 11 is 12.2. The maximum atomic E-state index is 12.3. The molecule has 0 bridgehead atoms. The van der Waals surface area contributed by atoms with Crippen molar-refractivity contribution in [1.29, 1.82) is 0 Å². The SMILES string of the molecule is C=CC(=O)N1CCN(c2nnc(C(=O)OCC)c(NCc3ccc(Cl)cc3Cl)n2)CC1. The number of carbonyl (C=O) groups excluding carboxylic acids is 2. The Morgan fingerprint density at radius 1 is 1.23 bits per heavy atom. The molecular weight excluding hydrogens is 443 g/mol. The van der Waals surface area contributed by atoms with Crippen LogP contribution in [0, 0.1) is 0 Å². The summed E-state index contributed by atoms with van der Waals surface area (Å²) in [5.41, 5.74) is 0.758. The maximum Gasteiger partial charge on any atom is 0.362 e. The van der Waals surface area contributed by atoms with Crippen LogP contribution in [-0.2, 0) is 16.1 Å². The molecule has 1 amide bonds. The molecular formula is C20H22Cl2N6O3. The third-order valence-corrected chi connectivity index (χ3v) is 5.24. The van der Waals surface area contributed by atoms with Gasteiger partial charge in [-0.3, -0.25) is 4.79 Å². The summed E-state index contributed by atoms with van der Waals surface area (Å²) in [4.78, 5) is 32.2. The Bertz CT molecular complexity index is 979. The van der Waals surface area contributed by atoms with Gasteiger partial charge in [0, 0.05) is 42.8 Å². The van der Waals surface area contributed by atoms with Gasteiger partial charge in [-0.05, 0) is 30.7 Å². The van der Waals surface area contributed by atoms with Crippen molar-refractivity contribution in [2.75, 3.05) is 43.0 Å². The molecule has 1 aromatic heterocycles. The number of anilines is 2. The van der Waals surface area contributed by atoms with E-state index in [9.17, 15) is 9.59 Å². The minimum Gasteiger partial charge on any atom is -0.461 e. The summed E-state index contributed by atoms with van der Waals surface area (Å²) in [6.45, 7) is 7.79. The predicted octanol–water partition coefficient (Wildman–Crippen LogP) is 2.80. The Balaban J connectivity index is 1.80. The van der Waals surface area contributed by atoms with Crippen LogP contribution in [0.5, 0.6) is 0 Å². The first-order chi connectivity index (χ1) is 14.9. The van der Waals surface area contributed by atoms with Gasteiger partial charge in [0.25, 0.3) is 0 Å². The molecule has 164 valence electrons. The Morgan fingerprint density at radius 2 is 1.97 bits per heavy atom. The number of nitrogens with one attached hydrogen (secondary N) is 1. The number of rotatable bonds is 7. The number of esters is 1. The van der Waals surface area contributed by atoms with Crippen LogP contribution < -0.4 is 10.2 Å². The lowest BCUT2D eigenvalue weighted by Gasteiger charge is -2.34. The molecule has 1 aliphatic rings. The lowest BCUT2D eigenvalue weighted by molar-refractivity contribution is -0.126. The van der Waals surface area contributed by atoms with Crippen LogP contribution in [0.2, 0.25) is 10.0 Å². The van der Waals surface area contributed by atoms with Gasteiger partial charge in [-0.2, -0.15) is 4.98 Å². The second kappa shape index (κ2) is 10.4. The lowest BCUT2D eigenvalue weighted by atomic mass is 10.2. The molecule has 0 spiro atoms. The minimum atomic E-state index is -0.625. The summed E-state index contributed by atoms with van der Waals surface area (Å²) in [5, 5.41) is 12.3. The smallest absolute Gasteiger partial charge is 0.362 e. The number of piperazine rings is 1. The van der Waals surface area contributed by atoms with E-state index in [1.54, 1.807) is 30.0 Å². The van der Waals surface area contributed by atoms with Crippen LogP contribution in [0.1, 0.15) is 23.0 Å². The molecule has 0 radical (unpaired) electrons. The fraction of sp³-hybridized carbons (Fsp3) is 0.350. The molecule has 0 aliphatic carbocycles. The molecule has 1 aromatic carbocycles. The third-order valence-electron chi connectivity index (χ3n) is 4.65. The van der Waals surface area contributed by atoms with Crippen LogP contribution >= 0.6 is 23.2 Å². The number of benzene rings is 1. The van der Waals surface area contributed by atoms with Gasteiger partial charge >= 0.3 is 5.97 Å². The topological polar surface area (TPSA) is 101 Å². The fourth-order valence-corrected chi connectivity index (χ4v) is 3.49. The average Bonchev–Trinajstić information content (AvgIpc) is 2.78. The summed E-state index contributed by atoms with van der Waals surface area (Å²) in [6, 6.07) is 5.15. The summed E-state index contributed by atoms with van der Waals surface area (Å²) in [6.07, 6.45) is 1.30. The van der Waals surface area contributed by atoms with Crippen molar-refractivity contribution in [3.8, 4) is 0 Å². The van der Waals surface area contributed by atoms with Crippen molar-refractivity contribution in [2.24, 2.45) is 0 Å². The van der Waals surface area contributed by atoms with Crippen molar-refractivity contribution in [2.45, 2.75) is 13.5 Å². The van der Waals surface area contributed by atoms with Crippen molar-refractivity contribution < 1.29 is 14.3 Å². The highest BCUT2D eigenvalue weighted by Crippen LogP contribution is 2.23. The van der Waals surface area contributed by atoms with Gasteiger partial charge in [0.1, 0.15) is 0 Å². The Labute approximate surface area is 190 Å². The zero-order chi connectivity index (χ0) is 22.4. The van der Waals surface area contributed by atoms with E-state index in [2.05, 4.69) is 27.1 Å². The van der Waals surface area contributed by atoms with Crippen LogP contribution in [-0.4, -0.2) is 64.7 Å². The average molecular weight is 465 g/mol. The number of carbonyl (C=O) groups is 2. The molecule has 0 unspecified atom stereocenters. The standard InChI is InChI=1S/C20H22Cl2N6O3/c1-3-16(29)27-7-9-28(10-8-27)20-24-18(17(25-26-20)19(30)31-4-2)23-12-13-5-6-14(21)11-15(13)22/h3,5-6,11H,1,4,7-10,12H2,2H3,(H,23,24,26). The number of amides is 1. The Kier molecular flexibility index (Phi) is 7.64. The normalized spacial score (nSPS) is 13.6. The van der Waals surface area contributed by atoms with E-state index in [1.807, 2.05) is 4.90 Å². The fourth-order valence-electron chi connectivity index (χ4n) is 3.01. The number of hydrogen-bond donors (Lipinski definition) is 1. The van der Waals surface area contributed by atoms with E-state index < -0.39 is 5.97 Å². The molecule has 2 heterocycles. The first kappa shape index (κ1) is 22.8. The van der Waals surface area contributed by atoms with Gasteiger partial charge in [0.2, 0.25) is 17.5 Å². The monoisotopic (exact) mass is 464 g/mol. The van der Waals surface area contributed by atoms with Crippen LogP contribution in [0.15, 0.2) is 30.9 Å². The molecule has 1 saturated heterocycles. The van der Waals surface area contributed by atoms with Crippen molar-refractivity contribution in [3.63, 3.8) is 0 Å². The highest BCUT2D eigenvalue weighted by atomic mass is 35.5. The van der Waals surface area contributed by atoms with Crippen molar-refractivity contribution in [3.05, 3.63) is 52.2 Å². The zero-order valence-corrected chi connectivity index (χ0v) is 18.5. The molecule has 1 fully saturated rings. The number of hydrogen-bond acceptors (Lipinski definition) is 8. The first-order valence-corrected chi connectivity index (χ1v) is 10.4. The predicted molar refractivity (Wildman–Crippen MR) is 119 cm³/mol. The summed E-state index contributed by atoms with van der Waals surface area (Å²) in [5.74, 6) is -0.152. The van der Waals surface area contributed by atoms with E-state index >= 15 is 0 Å². The Morgan fingerprint density at radius 3 is 2.61 bits per heavy atom. The molecule has 11 heteroatoms. The van der Waals surface area contributed by atoms with E-state index in [4.69, 9.17) is 27.9 Å². The van der Waals surface area contributed by atoms with Gasteiger partial charge < -0.3 is 19.9 Å². The summed E-state index contributed by atoms with van der Waals surface area (Å²) < 4.78 is 5.07. The number of aromatic nitrogens is 3. The van der Waals surface area contributed by atoms with E-state index in [0.29, 0.717) is 48.7 Å². The molecule has 9 nitrogen and oxygen atoms in total. The van der Waals surface area contributed by atoms with E-state index in [0.717, 1.165) is 5.56 Å². The molecule has 31 heavy (non-hydrogen) atoms. The molecule has 0 atom stereocenters. The second-order valence-electron chi connectivity index (χ2n) is 6.64. The van der Waals surface area contributed by atoms with Gasteiger partial charge in [0.15, 0.2) is 5.82 Å². The summed E-state index contributed by atoms with van der Waals surface area (Å²) in [7, 11) is 0. The van der Waals surface area contributed by atoms with Crippen LogP contribution in [0.4, 0.5) is 11.8 Å². The number of nitrogens with zero attached hydrogens (tertiary/aromatic N) is 5. The lowest BCUT2D eigenvalue weighted by Crippen LogP contribution is -2.49. The second-order valence-corrected chi connectivity index (χ2v) is 7.48.